The topological polar surface area (TPSA) is 86.8 Å². The van der Waals surface area contributed by atoms with Gasteiger partial charge in [0.1, 0.15) is 12.6 Å². The average Bonchev–Trinajstić information content (AvgIpc) is 2.96. The van der Waals surface area contributed by atoms with Crippen LogP contribution in [0.2, 0.25) is 5.02 Å². The van der Waals surface area contributed by atoms with Crippen molar-refractivity contribution in [2.24, 2.45) is 0 Å². The maximum absolute atomic E-state index is 14.1. The molecule has 0 aliphatic carbocycles. The van der Waals surface area contributed by atoms with Crippen molar-refractivity contribution in [3.63, 3.8) is 0 Å². The van der Waals surface area contributed by atoms with E-state index in [1.165, 1.54) is 23.1 Å². The van der Waals surface area contributed by atoms with Crippen molar-refractivity contribution in [2.75, 3.05) is 10.8 Å². The molecule has 0 aliphatic rings. The third-order valence-electron chi connectivity index (χ3n) is 7.00. The number of benzene rings is 3. The third-order valence-corrected chi connectivity index (χ3v) is 9.04. The monoisotopic (exact) mass is 637 g/mol. The molecule has 0 aliphatic heterocycles. The highest BCUT2D eigenvalue weighted by Gasteiger charge is 2.36. The maximum Gasteiger partial charge on any atom is 0.416 e. The van der Waals surface area contributed by atoms with Gasteiger partial charge in [-0.1, -0.05) is 61.3 Å². The minimum atomic E-state index is -4.75. The number of carbonyl (C=O) groups is 2. The first-order chi connectivity index (χ1) is 20.2. The fourth-order valence-corrected chi connectivity index (χ4v) is 5.88. The fourth-order valence-electron chi connectivity index (χ4n) is 4.35. The lowest BCUT2D eigenvalue weighted by atomic mass is 10.1. The summed E-state index contributed by atoms with van der Waals surface area (Å²) < 4.78 is 69.3. The highest BCUT2D eigenvalue weighted by molar-refractivity contribution is 7.92. The lowest BCUT2D eigenvalue weighted by Crippen LogP contribution is -2.53. The fraction of sp³-hybridized carbons (Fsp3) is 0.355. The van der Waals surface area contributed by atoms with Gasteiger partial charge in [0.25, 0.3) is 10.0 Å². The van der Waals surface area contributed by atoms with Crippen molar-refractivity contribution in [1.29, 1.82) is 0 Å². The molecule has 0 bridgehead atoms. The molecule has 43 heavy (non-hydrogen) atoms. The summed E-state index contributed by atoms with van der Waals surface area (Å²) in [6, 6.07) is 15.0. The van der Waals surface area contributed by atoms with Crippen LogP contribution < -0.4 is 9.62 Å². The average molecular weight is 638 g/mol. The molecule has 12 heteroatoms. The van der Waals surface area contributed by atoms with Crippen LogP contribution in [-0.2, 0) is 32.3 Å². The standard InChI is InChI=1S/C31H35ClF3N3O4S/c1-5-22(4)36-30(40)28(6-2)37(19-23-12-14-25(32)15-13-23)29(39)20-38(26-9-7-8-24(18-26)31(33,34)35)43(41,42)27-16-10-21(3)11-17-27/h7-18,22,28H,5-6,19-20H2,1-4H3,(H,36,40)/t22-,28+/m1/s1. The number of halogens is 4. The smallest absolute Gasteiger partial charge is 0.352 e. The van der Waals surface area contributed by atoms with Gasteiger partial charge in [-0.3, -0.25) is 13.9 Å². The van der Waals surface area contributed by atoms with E-state index in [0.717, 1.165) is 17.7 Å². The number of amides is 2. The van der Waals surface area contributed by atoms with Crippen LogP contribution in [0.3, 0.4) is 0 Å². The third kappa shape index (κ3) is 8.73. The number of anilines is 1. The summed E-state index contributed by atoms with van der Waals surface area (Å²) in [7, 11) is -4.52. The molecule has 0 fully saturated rings. The predicted molar refractivity (Wildman–Crippen MR) is 161 cm³/mol. The Morgan fingerprint density at radius 2 is 1.58 bits per heavy atom. The zero-order valence-corrected chi connectivity index (χ0v) is 25.9. The van der Waals surface area contributed by atoms with Gasteiger partial charge in [-0.05, 0) is 74.7 Å². The van der Waals surface area contributed by atoms with E-state index in [1.54, 1.807) is 50.2 Å². The highest BCUT2D eigenvalue weighted by atomic mass is 35.5. The molecule has 0 spiro atoms. The van der Waals surface area contributed by atoms with E-state index in [2.05, 4.69) is 5.32 Å². The molecule has 0 unspecified atom stereocenters. The van der Waals surface area contributed by atoms with Crippen molar-refractivity contribution >= 4 is 39.1 Å². The number of alkyl halides is 3. The number of nitrogens with zero attached hydrogens (tertiary/aromatic N) is 2. The van der Waals surface area contributed by atoms with Crippen LogP contribution in [0.15, 0.2) is 77.7 Å². The normalized spacial score (nSPS) is 13.2. The van der Waals surface area contributed by atoms with Gasteiger partial charge in [0.05, 0.1) is 16.1 Å². The van der Waals surface area contributed by atoms with Crippen LogP contribution in [0.1, 0.15) is 50.3 Å². The molecule has 7 nitrogen and oxygen atoms in total. The molecular formula is C31H35ClF3N3O4S. The van der Waals surface area contributed by atoms with Gasteiger partial charge >= 0.3 is 6.18 Å². The van der Waals surface area contributed by atoms with Gasteiger partial charge in [0.2, 0.25) is 11.8 Å². The van der Waals surface area contributed by atoms with Crippen molar-refractivity contribution in [3.8, 4) is 0 Å². The Kier molecular flexibility index (Phi) is 11.3. The summed E-state index contributed by atoms with van der Waals surface area (Å²) in [5, 5.41) is 3.33. The van der Waals surface area contributed by atoms with E-state index in [0.29, 0.717) is 27.4 Å². The molecule has 1 N–H and O–H groups in total. The molecule has 0 saturated carbocycles. The second kappa shape index (κ2) is 14.3. The van der Waals surface area contributed by atoms with Crippen molar-refractivity contribution in [3.05, 3.63) is 94.5 Å². The van der Waals surface area contributed by atoms with Crippen LogP contribution >= 0.6 is 11.6 Å². The van der Waals surface area contributed by atoms with Gasteiger partial charge < -0.3 is 10.2 Å². The summed E-state index contributed by atoms with van der Waals surface area (Å²) in [5.41, 5.74) is -0.0151. The van der Waals surface area contributed by atoms with Crippen molar-refractivity contribution in [1.82, 2.24) is 10.2 Å². The Hall–Kier alpha value is -3.57. The van der Waals surface area contributed by atoms with Gasteiger partial charge in [-0.2, -0.15) is 13.2 Å². The molecule has 3 rings (SSSR count). The van der Waals surface area contributed by atoms with Crippen LogP contribution in [0.4, 0.5) is 18.9 Å². The lowest BCUT2D eigenvalue weighted by Gasteiger charge is -2.34. The van der Waals surface area contributed by atoms with Crippen LogP contribution in [0, 0.1) is 6.92 Å². The summed E-state index contributed by atoms with van der Waals surface area (Å²) >= 11 is 6.03. The van der Waals surface area contributed by atoms with Crippen LogP contribution in [0.5, 0.6) is 0 Å². The summed E-state index contributed by atoms with van der Waals surface area (Å²) in [4.78, 5) is 28.4. The number of hydrogen-bond acceptors (Lipinski definition) is 4. The summed E-state index contributed by atoms with van der Waals surface area (Å²) in [6.45, 7) is 6.28. The van der Waals surface area contributed by atoms with Crippen LogP contribution in [-0.4, -0.2) is 43.8 Å². The first kappa shape index (κ1) is 33.9. The number of nitrogens with one attached hydrogen (secondary N) is 1. The summed E-state index contributed by atoms with van der Waals surface area (Å²) in [6.07, 6.45) is -3.90. The first-order valence-electron chi connectivity index (χ1n) is 13.8. The minimum absolute atomic E-state index is 0.0660. The molecule has 0 aromatic heterocycles. The Labute approximate surface area is 255 Å². The molecule has 232 valence electrons. The van der Waals surface area contributed by atoms with E-state index in [1.807, 2.05) is 13.8 Å². The van der Waals surface area contributed by atoms with Gasteiger partial charge in [-0.15, -0.1) is 0 Å². The Morgan fingerprint density at radius 3 is 2.14 bits per heavy atom. The van der Waals surface area contributed by atoms with E-state index < -0.39 is 46.2 Å². The molecule has 2 atom stereocenters. The Bertz CT molecular complexity index is 1510. The predicted octanol–water partition coefficient (Wildman–Crippen LogP) is 6.58. The SMILES string of the molecule is CC[C@@H](C)NC(=O)[C@H](CC)N(Cc1ccc(Cl)cc1)C(=O)CN(c1cccc(C(F)(F)F)c1)S(=O)(=O)c1ccc(C)cc1. The summed E-state index contributed by atoms with van der Waals surface area (Å²) in [5.74, 6) is -1.19. The zero-order chi connectivity index (χ0) is 31.9. The van der Waals surface area contributed by atoms with Gasteiger partial charge in [0.15, 0.2) is 0 Å². The van der Waals surface area contributed by atoms with E-state index in [9.17, 15) is 31.2 Å². The number of hydrogen-bond donors (Lipinski definition) is 1. The van der Waals surface area contributed by atoms with Gasteiger partial charge in [-0.25, -0.2) is 8.42 Å². The number of rotatable bonds is 12. The number of sulfonamides is 1. The second-order valence-corrected chi connectivity index (χ2v) is 12.6. The number of aryl methyl sites for hydroxylation is 1. The van der Waals surface area contributed by atoms with Crippen LogP contribution in [0.25, 0.3) is 0 Å². The quantitative estimate of drug-likeness (QED) is 0.243. The maximum atomic E-state index is 14.1. The molecule has 3 aromatic rings. The Balaban J connectivity index is 2.12. The molecule has 0 saturated heterocycles. The molecule has 0 heterocycles. The van der Waals surface area contributed by atoms with Gasteiger partial charge in [0, 0.05) is 17.6 Å². The molecule has 2 amide bonds. The van der Waals surface area contributed by atoms with E-state index in [4.69, 9.17) is 11.6 Å². The molecule has 3 aromatic carbocycles. The molecular weight excluding hydrogens is 603 g/mol. The zero-order valence-electron chi connectivity index (χ0n) is 24.4. The Morgan fingerprint density at radius 1 is 0.953 bits per heavy atom. The highest BCUT2D eigenvalue weighted by Crippen LogP contribution is 2.33. The van der Waals surface area contributed by atoms with E-state index in [-0.39, 0.29) is 29.6 Å². The van der Waals surface area contributed by atoms with E-state index >= 15 is 0 Å². The second-order valence-electron chi connectivity index (χ2n) is 10.3. The molecule has 0 radical (unpaired) electrons. The van der Waals surface area contributed by atoms with Crippen molar-refractivity contribution in [2.45, 2.75) is 70.2 Å². The van der Waals surface area contributed by atoms with Crippen molar-refractivity contribution < 1.29 is 31.2 Å². The number of carbonyl (C=O) groups excluding carboxylic acids is 2. The largest absolute Gasteiger partial charge is 0.416 e. The lowest BCUT2D eigenvalue weighted by molar-refractivity contribution is -0.140. The minimum Gasteiger partial charge on any atom is -0.352 e. The first-order valence-corrected chi connectivity index (χ1v) is 15.6.